The van der Waals surface area contributed by atoms with Crippen LogP contribution in [0.25, 0.3) is 0 Å². The third-order valence-electron chi connectivity index (χ3n) is 4.69. The van der Waals surface area contributed by atoms with Gasteiger partial charge in [-0.3, -0.25) is 4.90 Å². The van der Waals surface area contributed by atoms with Crippen molar-refractivity contribution in [3.8, 4) is 11.6 Å². The first-order chi connectivity index (χ1) is 11.8. The van der Waals surface area contributed by atoms with Gasteiger partial charge < -0.3 is 9.47 Å². The molecule has 4 rings (SSSR count). The molecule has 0 N–H and O–H groups in total. The van der Waals surface area contributed by atoms with Crippen molar-refractivity contribution >= 4 is 11.8 Å². The van der Waals surface area contributed by atoms with Crippen LogP contribution >= 0.6 is 11.8 Å². The monoisotopic (exact) mass is 342 g/mol. The number of nitrogens with zero attached hydrogens (tertiary/aromatic N) is 2. The molecule has 0 saturated carbocycles. The molecule has 126 valence electrons. The molecule has 1 saturated heterocycles. The number of thioether (sulfide) groups is 1. The van der Waals surface area contributed by atoms with E-state index >= 15 is 0 Å². The molecule has 2 aliphatic heterocycles. The highest BCUT2D eigenvalue weighted by Crippen LogP contribution is 2.34. The molecule has 0 aliphatic carbocycles. The predicted molar refractivity (Wildman–Crippen MR) is 96.7 cm³/mol. The molecule has 1 fully saturated rings. The fourth-order valence-electron chi connectivity index (χ4n) is 3.20. The second kappa shape index (κ2) is 7.03. The zero-order valence-electron chi connectivity index (χ0n) is 13.9. The first-order valence-electron chi connectivity index (χ1n) is 8.41. The summed E-state index contributed by atoms with van der Waals surface area (Å²) in [6.45, 7) is 1.52. The van der Waals surface area contributed by atoms with E-state index in [1.54, 1.807) is 6.20 Å². The SMILES string of the molecule is CN(Cc1ccc(C2COc3cccnc3O2)cc1)C1CCSC1. The number of pyridine rings is 1. The van der Waals surface area contributed by atoms with Crippen LogP contribution in [0.15, 0.2) is 42.6 Å². The summed E-state index contributed by atoms with van der Waals surface area (Å²) >= 11 is 2.06. The van der Waals surface area contributed by atoms with Crippen LogP contribution in [-0.4, -0.2) is 41.1 Å². The highest BCUT2D eigenvalue weighted by Gasteiger charge is 2.24. The van der Waals surface area contributed by atoms with E-state index in [2.05, 4.69) is 53.0 Å². The van der Waals surface area contributed by atoms with Crippen LogP contribution in [0.2, 0.25) is 0 Å². The zero-order valence-corrected chi connectivity index (χ0v) is 14.7. The minimum absolute atomic E-state index is 0.0922. The fourth-order valence-corrected chi connectivity index (χ4v) is 4.50. The average molecular weight is 342 g/mol. The lowest BCUT2D eigenvalue weighted by molar-refractivity contribution is 0.0851. The smallest absolute Gasteiger partial charge is 0.257 e. The number of benzene rings is 1. The molecule has 2 aliphatic rings. The number of ether oxygens (including phenoxy) is 2. The van der Waals surface area contributed by atoms with Crippen molar-refractivity contribution < 1.29 is 9.47 Å². The summed E-state index contributed by atoms with van der Waals surface area (Å²) < 4.78 is 11.7. The fraction of sp³-hybridized carbons (Fsp3) is 0.421. The van der Waals surface area contributed by atoms with E-state index in [0.29, 0.717) is 18.5 Å². The van der Waals surface area contributed by atoms with Gasteiger partial charge in [0, 0.05) is 24.5 Å². The van der Waals surface area contributed by atoms with Gasteiger partial charge in [0.15, 0.2) is 11.9 Å². The van der Waals surface area contributed by atoms with Crippen molar-refractivity contribution in [2.24, 2.45) is 0 Å². The van der Waals surface area contributed by atoms with Crippen LogP contribution in [0.1, 0.15) is 23.7 Å². The highest BCUT2D eigenvalue weighted by molar-refractivity contribution is 7.99. The Hall–Kier alpha value is -1.72. The molecule has 3 heterocycles. The maximum absolute atomic E-state index is 5.97. The maximum Gasteiger partial charge on any atom is 0.257 e. The molecular weight excluding hydrogens is 320 g/mol. The third-order valence-corrected chi connectivity index (χ3v) is 5.84. The van der Waals surface area contributed by atoms with Crippen LogP contribution in [0.3, 0.4) is 0 Å². The summed E-state index contributed by atoms with van der Waals surface area (Å²) in [5.74, 6) is 3.86. The van der Waals surface area contributed by atoms with E-state index in [0.717, 1.165) is 17.9 Å². The molecule has 1 aromatic heterocycles. The molecule has 2 atom stereocenters. The van der Waals surface area contributed by atoms with E-state index in [-0.39, 0.29) is 6.10 Å². The van der Waals surface area contributed by atoms with Gasteiger partial charge in [-0.25, -0.2) is 4.98 Å². The first-order valence-corrected chi connectivity index (χ1v) is 9.56. The van der Waals surface area contributed by atoms with E-state index in [1.807, 2.05) is 12.1 Å². The van der Waals surface area contributed by atoms with Gasteiger partial charge in [-0.1, -0.05) is 24.3 Å². The minimum atomic E-state index is -0.0922. The van der Waals surface area contributed by atoms with Crippen molar-refractivity contribution in [2.75, 3.05) is 25.2 Å². The van der Waals surface area contributed by atoms with Crippen molar-refractivity contribution in [3.05, 3.63) is 53.7 Å². The molecular formula is C19H22N2O2S. The second-order valence-electron chi connectivity index (χ2n) is 6.40. The van der Waals surface area contributed by atoms with Gasteiger partial charge in [-0.05, 0) is 42.5 Å². The Morgan fingerprint density at radius 2 is 2.12 bits per heavy atom. The molecule has 5 heteroatoms. The molecule has 2 aromatic rings. The second-order valence-corrected chi connectivity index (χ2v) is 7.55. The topological polar surface area (TPSA) is 34.6 Å². The summed E-state index contributed by atoms with van der Waals surface area (Å²) in [5.41, 5.74) is 2.47. The van der Waals surface area contributed by atoms with Crippen molar-refractivity contribution in [1.82, 2.24) is 9.88 Å². The number of fused-ring (bicyclic) bond motifs is 1. The van der Waals surface area contributed by atoms with E-state index in [4.69, 9.17) is 9.47 Å². The summed E-state index contributed by atoms with van der Waals surface area (Å²) in [6.07, 6.45) is 2.94. The Bertz CT molecular complexity index is 686. The molecule has 0 radical (unpaired) electrons. The normalized spacial score (nSPS) is 22.8. The Morgan fingerprint density at radius 1 is 1.25 bits per heavy atom. The Balaban J connectivity index is 1.41. The maximum atomic E-state index is 5.97. The number of aromatic nitrogens is 1. The zero-order chi connectivity index (χ0) is 16.4. The summed E-state index contributed by atoms with van der Waals surface area (Å²) in [6, 6.07) is 13.2. The molecule has 2 unspecified atom stereocenters. The number of rotatable bonds is 4. The Morgan fingerprint density at radius 3 is 2.92 bits per heavy atom. The number of hydrogen-bond donors (Lipinski definition) is 0. The van der Waals surface area contributed by atoms with Gasteiger partial charge in [0.1, 0.15) is 6.61 Å². The van der Waals surface area contributed by atoms with Crippen LogP contribution in [0.4, 0.5) is 0 Å². The molecule has 0 spiro atoms. The Labute approximate surface area is 147 Å². The largest absolute Gasteiger partial charge is 0.484 e. The number of hydrogen-bond acceptors (Lipinski definition) is 5. The Kier molecular flexibility index (Phi) is 4.63. The summed E-state index contributed by atoms with van der Waals surface area (Å²) in [7, 11) is 2.23. The summed E-state index contributed by atoms with van der Waals surface area (Å²) in [5, 5.41) is 0. The molecule has 1 aromatic carbocycles. The van der Waals surface area contributed by atoms with Crippen LogP contribution < -0.4 is 9.47 Å². The van der Waals surface area contributed by atoms with Gasteiger partial charge >= 0.3 is 0 Å². The van der Waals surface area contributed by atoms with Crippen molar-refractivity contribution in [2.45, 2.75) is 25.1 Å². The van der Waals surface area contributed by atoms with Crippen LogP contribution in [0.5, 0.6) is 11.6 Å². The lowest BCUT2D eigenvalue weighted by Gasteiger charge is -2.26. The lowest BCUT2D eigenvalue weighted by atomic mass is 10.1. The standard InChI is InChI=1S/C19H22N2O2S/c1-21(16-8-10-24-13-16)11-14-4-6-15(7-5-14)18-12-22-17-3-2-9-20-19(17)23-18/h2-7,9,16,18H,8,10-13H2,1H3. The van der Waals surface area contributed by atoms with E-state index < -0.39 is 0 Å². The van der Waals surface area contributed by atoms with Gasteiger partial charge in [-0.15, -0.1) is 0 Å². The van der Waals surface area contributed by atoms with Gasteiger partial charge in [0.05, 0.1) is 0 Å². The predicted octanol–water partition coefficient (Wildman–Crippen LogP) is 3.53. The summed E-state index contributed by atoms with van der Waals surface area (Å²) in [4.78, 5) is 6.71. The van der Waals surface area contributed by atoms with Crippen molar-refractivity contribution in [3.63, 3.8) is 0 Å². The highest BCUT2D eigenvalue weighted by atomic mass is 32.2. The molecule has 24 heavy (non-hydrogen) atoms. The van der Waals surface area contributed by atoms with Gasteiger partial charge in [0.25, 0.3) is 5.88 Å². The average Bonchev–Trinajstić information content (AvgIpc) is 3.17. The minimum Gasteiger partial charge on any atom is -0.484 e. The quantitative estimate of drug-likeness (QED) is 0.849. The van der Waals surface area contributed by atoms with Crippen LogP contribution in [-0.2, 0) is 6.54 Å². The first kappa shape index (κ1) is 15.8. The van der Waals surface area contributed by atoms with E-state index in [9.17, 15) is 0 Å². The third kappa shape index (κ3) is 3.37. The molecule has 0 bridgehead atoms. The molecule has 4 nitrogen and oxygen atoms in total. The lowest BCUT2D eigenvalue weighted by Crippen LogP contribution is -2.30. The van der Waals surface area contributed by atoms with Crippen molar-refractivity contribution in [1.29, 1.82) is 0 Å². The van der Waals surface area contributed by atoms with Crippen LogP contribution in [0, 0.1) is 0 Å². The van der Waals surface area contributed by atoms with Gasteiger partial charge in [-0.2, -0.15) is 11.8 Å². The van der Waals surface area contributed by atoms with E-state index in [1.165, 1.54) is 23.5 Å². The molecule has 0 amide bonds. The van der Waals surface area contributed by atoms with Gasteiger partial charge in [0.2, 0.25) is 0 Å².